The second-order valence-electron chi connectivity index (χ2n) is 10.6. The van der Waals surface area contributed by atoms with Crippen LogP contribution in [0.5, 0.6) is 0 Å². The third-order valence-electron chi connectivity index (χ3n) is 6.30. The molecule has 8 heteroatoms. The number of amides is 2. The highest BCUT2D eigenvalue weighted by Crippen LogP contribution is 2.33. The molecule has 0 spiro atoms. The molecule has 2 amide bonds. The third-order valence-corrected chi connectivity index (χ3v) is 6.30. The molecule has 40 heavy (non-hydrogen) atoms. The Bertz CT molecular complexity index is 1470. The summed E-state index contributed by atoms with van der Waals surface area (Å²) >= 11 is 0. The zero-order valence-corrected chi connectivity index (χ0v) is 23.7. The zero-order chi connectivity index (χ0) is 28.8. The van der Waals surface area contributed by atoms with E-state index in [2.05, 4.69) is 43.2 Å². The molecule has 3 aromatic carbocycles. The number of esters is 1. The molecule has 1 aromatic heterocycles. The van der Waals surface area contributed by atoms with Gasteiger partial charge in [-0.1, -0.05) is 45.9 Å². The van der Waals surface area contributed by atoms with E-state index < -0.39 is 12.0 Å². The van der Waals surface area contributed by atoms with Gasteiger partial charge in [0.15, 0.2) is 0 Å². The monoisotopic (exact) mass is 544 g/mol. The van der Waals surface area contributed by atoms with Crippen molar-refractivity contribution in [3.63, 3.8) is 0 Å². The number of halogens is 1. The molecule has 0 saturated carbocycles. The zero-order valence-electron chi connectivity index (χ0n) is 23.7. The third kappa shape index (κ3) is 6.81. The van der Waals surface area contributed by atoms with Gasteiger partial charge in [0.05, 0.1) is 23.5 Å². The molecule has 0 aliphatic carbocycles. The van der Waals surface area contributed by atoms with Gasteiger partial charge >= 0.3 is 12.0 Å². The van der Waals surface area contributed by atoms with Crippen LogP contribution in [0, 0.1) is 17.7 Å². The van der Waals surface area contributed by atoms with Crippen LogP contribution in [-0.2, 0) is 4.74 Å². The topological polar surface area (TPSA) is 75.6 Å². The molecule has 4 aromatic rings. The Morgan fingerprint density at radius 1 is 0.900 bits per heavy atom. The molecule has 0 unspecified atom stereocenters. The van der Waals surface area contributed by atoms with E-state index in [9.17, 15) is 14.0 Å². The van der Waals surface area contributed by atoms with Gasteiger partial charge in [-0.05, 0) is 73.4 Å². The fraction of sp³-hybridized carbons (Fsp3) is 0.312. The Kier molecular flexibility index (Phi) is 9.09. The number of hydrogen-bond donors (Lipinski definition) is 2. The lowest BCUT2D eigenvalue weighted by Gasteiger charge is -2.31. The van der Waals surface area contributed by atoms with E-state index in [1.165, 1.54) is 24.3 Å². The lowest BCUT2D eigenvalue weighted by molar-refractivity contribution is 0.0517. The van der Waals surface area contributed by atoms with E-state index in [4.69, 9.17) is 4.74 Å². The first-order valence-electron chi connectivity index (χ1n) is 13.7. The number of rotatable bonds is 10. The van der Waals surface area contributed by atoms with E-state index in [0.717, 1.165) is 29.7 Å². The van der Waals surface area contributed by atoms with Crippen molar-refractivity contribution in [1.29, 1.82) is 0 Å². The van der Waals surface area contributed by atoms with E-state index in [-0.39, 0.29) is 12.4 Å². The number of benzene rings is 3. The van der Waals surface area contributed by atoms with Gasteiger partial charge < -0.3 is 24.8 Å². The van der Waals surface area contributed by atoms with Crippen molar-refractivity contribution in [1.82, 2.24) is 4.57 Å². The Hall–Kier alpha value is -4.33. The Morgan fingerprint density at radius 2 is 1.57 bits per heavy atom. The summed E-state index contributed by atoms with van der Waals surface area (Å²) in [5.74, 6) is -0.0193. The summed E-state index contributed by atoms with van der Waals surface area (Å²) < 4.78 is 20.6. The second kappa shape index (κ2) is 12.7. The molecule has 7 nitrogen and oxygen atoms in total. The van der Waals surface area contributed by atoms with Gasteiger partial charge in [-0.3, -0.25) is 0 Å². The van der Waals surface area contributed by atoms with Crippen molar-refractivity contribution < 1.29 is 18.7 Å². The predicted molar refractivity (Wildman–Crippen MR) is 160 cm³/mol. The van der Waals surface area contributed by atoms with Gasteiger partial charge in [0.1, 0.15) is 11.5 Å². The second-order valence-corrected chi connectivity index (χ2v) is 10.6. The Morgan fingerprint density at radius 3 is 2.23 bits per heavy atom. The Labute approximate surface area is 234 Å². The summed E-state index contributed by atoms with van der Waals surface area (Å²) in [6.07, 6.45) is 0. The van der Waals surface area contributed by atoms with E-state index >= 15 is 0 Å². The summed E-state index contributed by atoms with van der Waals surface area (Å²) in [5.41, 5.74) is 3.89. The molecule has 0 radical (unpaired) electrons. The lowest BCUT2D eigenvalue weighted by Crippen LogP contribution is -2.32. The van der Waals surface area contributed by atoms with Gasteiger partial charge in [0.2, 0.25) is 0 Å². The Balaban J connectivity index is 1.82. The number of carbonyl (C=O) groups excluding carboxylic acids is 2. The number of urea groups is 1. The fourth-order valence-electron chi connectivity index (χ4n) is 4.80. The summed E-state index contributed by atoms with van der Waals surface area (Å²) in [6.45, 7) is 12.3. The van der Waals surface area contributed by atoms with Crippen LogP contribution in [-0.4, -0.2) is 36.3 Å². The molecule has 0 saturated heterocycles. The minimum absolute atomic E-state index is 0.259. The van der Waals surface area contributed by atoms with Crippen LogP contribution in [0.15, 0.2) is 72.8 Å². The first kappa shape index (κ1) is 28.7. The minimum atomic E-state index is -0.456. The fourth-order valence-corrected chi connectivity index (χ4v) is 4.80. The van der Waals surface area contributed by atoms with Crippen LogP contribution in [0.25, 0.3) is 16.6 Å². The molecule has 1 heterocycles. The molecule has 0 atom stereocenters. The highest BCUT2D eigenvalue weighted by Gasteiger charge is 2.21. The van der Waals surface area contributed by atoms with Crippen LogP contribution in [0.2, 0.25) is 0 Å². The molecule has 4 rings (SSSR count). The maximum atomic E-state index is 13.4. The van der Waals surface area contributed by atoms with Crippen molar-refractivity contribution in [3.05, 3.63) is 84.3 Å². The van der Waals surface area contributed by atoms with Crippen LogP contribution in [0.4, 0.5) is 26.2 Å². The molecule has 0 aliphatic rings. The van der Waals surface area contributed by atoms with Crippen molar-refractivity contribution in [2.45, 2.75) is 34.6 Å². The van der Waals surface area contributed by atoms with Crippen molar-refractivity contribution in [2.24, 2.45) is 11.8 Å². The molecule has 2 N–H and O–H groups in total. The van der Waals surface area contributed by atoms with Gasteiger partial charge in [-0.15, -0.1) is 0 Å². The summed E-state index contributed by atoms with van der Waals surface area (Å²) in [7, 11) is 0. The van der Waals surface area contributed by atoms with Crippen molar-refractivity contribution in [3.8, 4) is 5.69 Å². The molecule has 0 aliphatic heterocycles. The van der Waals surface area contributed by atoms with Crippen LogP contribution in [0.3, 0.4) is 0 Å². The first-order chi connectivity index (χ1) is 19.2. The maximum absolute atomic E-state index is 13.4. The molecular formula is C32H37FN4O3. The number of fused-ring (bicyclic) bond motifs is 1. The number of ether oxygens (including phenoxy) is 1. The van der Waals surface area contributed by atoms with Gasteiger partial charge in [-0.25, -0.2) is 14.0 Å². The van der Waals surface area contributed by atoms with Gasteiger partial charge in [0.25, 0.3) is 0 Å². The molecular weight excluding hydrogens is 507 g/mol. The summed E-state index contributed by atoms with van der Waals surface area (Å²) in [5, 5.41) is 6.69. The average molecular weight is 545 g/mol. The number of aromatic nitrogens is 1. The summed E-state index contributed by atoms with van der Waals surface area (Å²) in [4.78, 5) is 28.4. The minimum Gasteiger partial charge on any atom is -0.461 e. The molecule has 210 valence electrons. The number of hydrogen-bond acceptors (Lipinski definition) is 4. The molecule has 0 bridgehead atoms. The van der Waals surface area contributed by atoms with Gasteiger partial charge in [-0.2, -0.15) is 0 Å². The number of nitrogens with zero attached hydrogens (tertiary/aromatic N) is 2. The van der Waals surface area contributed by atoms with Gasteiger partial charge in [0, 0.05) is 29.9 Å². The van der Waals surface area contributed by atoms with Crippen molar-refractivity contribution in [2.75, 3.05) is 35.2 Å². The quantitative estimate of drug-likeness (QED) is 0.201. The largest absolute Gasteiger partial charge is 0.461 e. The SMILES string of the molecule is CCOC(=O)c1cc2ccccc2n1-c1ccc(N(CC(C)C)CC(C)C)c(NC(=O)Nc2ccc(F)cc2)c1. The normalized spacial score (nSPS) is 11.2. The summed E-state index contributed by atoms with van der Waals surface area (Å²) in [6, 6.07) is 20.5. The number of carbonyl (C=O) groups is 2. The predicted octanol–water partition coefficient (Wildman–Crippen LogP) is 7.71. The number of anilines is 3. The highest BCUT2D eigenvalue weighted by atomic mass is 19.1. The number of nitrogens with one attached hydrogen (secondary N) is 2. The van der Waals surface area contributed by atoms with E-state index in [1.807, 2.05) is 53.1 Å². The maximum Gasteiger partial charge on any atom is 0.355 e. The van der Waals surface area contributed by atoms with Crippen LogP contribution >= 0.6 is 0 Å². The standard InChI is InChI=1S/C32H37FN4O3/c1-6-40-31(38)30-17-23-9-7-8-10-28(23)37(30)26-15-16-29(36(19-21(2)3)20-22(4)5)27(18-26)35-32(39)34-25-13-11-24(33)12-14-25/h7-18,21-22H,6,19-20H2,1-5H3,(H2,34,35,39). The lowest BCUT2D eigenvalue weighted by atomic mass is 10.1. The molecule has 0 fully saturated rings. The van der Waals surface area contributed by atoms with E-state index in [0.29, 0.717) is 34.6 Å². The highest BCUT2D eigenvalue weighted by molar-refractivity contribution is 6.02. The van der Waals surface area contributed by atoms with Crippen LogP contribution < -0.4 is 15.5 Å². The first-order valence-corrected chi connectivity index (χ1v) is 13.7. The van der Waals surface area contributed by atoms with Crippen LogP contribution in [0.1, 0.15) is 45.1 Å². The average Bonchev–Trinajstić information content (AvgIpc) is 3.29. The van der Waals surface area contributed by atoms with E-state index in [1.54, 1.807) is 6.92 Å². The van der Waals surface area contributed by atoms with Crippen molar-refractivity contribution >= 4 is 40.0 Å². The smallest absolute Gasteiger partial charge is 0.355 e. The number of para-hydroxylation sites is 1.